The van der Waals surface area contributed by atoms with Crippen molar-refractivity contribution in [3.8, 4) is 0 Å². The Morgan fingerprint density at radius 2 is 1.89 bits per heavy atom. The summed E-state index contributed by atoms with van der Waals surface area (Å²) in [5, 5.41) is 8.17. The minimum Gasteiger partial charge on any atom is -0.354 e. The molecule has 0 spiro atoms. The first-order valence-electron chi connectivity index (χ1n) is 7.21. The van der Waals surface area contributed by atoms with Crippen molar-refractivity contribution in [1.82, 2.24) is 15.1 Å². The van der Waals surface area contributed by atoms with E-state index < -0.39 is 0 Å². The van der Waals surface area contributed by atoms with Crippen molar-refractivity contribution in [2.45, 2.75) is 66.6 Å². The Morgan fingerprint density at radius 1 is 1.32 bits per heavy atom. The van der Waals surface area contributed by atoms with Gasteiger partial charge in [0, 0.05) is 37.3 Å². The summed E-state index contributed by atoms with van der Waals surface area (Å²) in [6.45, 7) is 17.2. The second-order valence-corrected chi connectivity index (χ2v) is 6.49. The molecule has 0 amide bonds. The van der Waals surface area contributed by atoms with E-state index >= 15 is 0 Å². The standard InChI is InChI=1S/C15H30N4/c1-9-19(11(2)3)14-13(10-16-15(5,6)7)12(4)17-18(14)8/h11,16H,9-10H2,1-8H3. The highest BCUT2D eigenvalue weighted by molar-refractivity contribution is 5.50. The Labute approximate surface area is 118 Å². The van der Waals surface area contributed by atoms with E-state index in [1.807, 2.05) is 11.7 Å². The lowest BCUT2D eigenvalue weighted by molar-refractivity contribution is 0.423. The van der Waals surface area contributed by atoms with Gasteiger partial charge in [-0.15, -0.1) is 0 Å². The van der Waals surface area contributed by atoms with Gasteiger partial charge in [0.2, 0.25) is 0 Å². The van der Waals surface area contributed by atoms with Gasteiger partial charge in [-0.25, -0.2) is 0 Å². The summed E-state index contributed by atoms with van der Waals surface area (Å²) in [5.74, 6) is 1.24. The SMILES string of the molecule is CCN(c1c(CNC(C)(C)C)c(C)nn1C)C(C)C. The molecule has 1 heterocycles. The van der Waals surface area contributed by atoms with Gasteiger partial charge in [-0.3, -0.25) is 4.68 Å². The van der Waals surface area contributed by atoms with Crippen molar-refractivity contribution in [2.75, 3.05) is 11.4 Å². The molecule has 1 aromatic heterocycles. The molecule has 1 rings (SSSR count). The van der Waals surface area contributed by atoms with E-state index in [1.165, 1.54) is 11.4 Å². The van der Waals surface area contributed by atoms with Gasteiger partial charge in [0.1, 0.15) is 5.82 Å². The van der Waals surface area contributed by atoms with Gasteiger partial charge >= 0.3 is 0 Å². The zero-order valence-electron chi connectivity index (χ0n) is 13.8. The molecule has 0 atom stereocenters. The zero-order chi connectivity index (χ0) is 14.8. The fourth-order valence-corrected chi connectivity index (χ4v) is 2.37. The minimum absolute atomic E-state index is 0.119. The topological polar surface area (TPSA) is 33.1 Å². The second-order valence-electron chi connectivity index (χ2n) is 6.49. The van der Waals surface area contributed by atoms with Gasteiger partial charge in [0.15, 0.2) is 0 Å². The van der Waals surface area contributed by atoms with Crippen LogP contribution in [0.25, 0.3) is 0 Å². The van der Waals surface area contributed by atoms with Crippen molar-refractivity contribution in [1.29, 1.82) is 0 Å². The van der Waals surface area contributed by atoms with Gasteiger partial charge < -0.3 is 10.2 Å². The monoisotopic (exact) mass is 266 g/mol. The molecule has 4 heteroatoms. The predicted octanol–water partition coefficient (Wildman–Crippen LogP) is 2.85. The minimum atomic E-state index is 0.119. The molecule has 0 aliphatic heterocycles. The van der Waals surface area contributed by atoms with Crippen molar-refractivity contribution < 1.29 is 0 Å². The molecular weight excluding hydrogens is 236 g/mol. The lowest BCUT2D eigenvalue weighted by atomic mass is 10.1. The number of rotatable bonds is 5. The molecule has 0 bridgehead atoms. The Kier molecular flexibility index (Phi) is 5.02. The predicted molar refractivity (Wildman–Crippen MR) is 82.7 cm³/mol. The highest BCUT2D eigenvalue weighted by Gasteiger charge is 2.21. The van der Waals surface area contributed by atoms with E-state index in [-0.39, 0.29) is 5.54 Å². The normalized spacial score (nSPS) is 12.3. The number of hydrogen-bond donors (Lipinski definition) is 1. The van der Waals surface area contributed by atoms with E-state index in [2.05, 4.69) is 63.8 Å². The number of nitrogens with one attached hydrogen (secondary N) is 1. The molecule has 0 saturated carbocycles. The largest absolute Gasteiger partial charge is 0.354 e. The third-order valence-electron chi connectivity index (χ3n) is 3.34. The average molecular weight is 266 g/mol. The summed E-state index contributed by atoms with van der Waals surface area (Å²) >= 11 is 0. The van der Waals surface area contributed by atoms with E-state index in [4.69, 9.17) is 0 Å². The number of anilines is 1. The van der Waals surface area contributed by atoms with E-state index in [0.717, 1.165) is 18.8 Å². The molecule has 0 unspecified atom stereocenters. The zero-order valence-corrected chi connectivity index (χ0v) is 13.8. The van der Waals surface area contributed by atoms with Crippen LogP contribution in [0, 0.1) is 6.92 Å². The summed E-state index contributed by atoms with van der Waals surface area (Å²) in [4.78, 5) is 2.40. The molecule has 0 radical (unpaired) electrons. The maximum absolute atomic E-state index is 4.60. The third-order valence-corrected chi connectivity index (χ3v) is 3.34. The molecule has 1 N–H and O–H groups in total. The molecule has 0 aliphatic rings. The Balaban J connectivity index is 3.09. The fourth-order valence-electron chi connectivity index (χ4n) is 2.37. The van der Waals surface area contributed by atoms with Crippen LogP contribution in [0.1, 0.15) is 52.8 Å². The molecule has 1 aromatic rings. The third kappa shape index (κ3) is 3.96. The van der Waals surface area contributed by atoms with Crippen LogP contribution in [0.2, 0.25) is 0 Å². The van der Waals surface area contributed by atoms with Crippen molar-refractivity contribution >= 4 is 5.82 Å². The quantitative estimate of drug-likeness (QED) is 0.889. The van der Waals surface area contributed by atoms with Gasteiger partial charge in [-0.2, -0.15) is 5.10 Å². The van der Waals surface area contributed by atoms with Gasteiger partial charge in [-0.1, -0.05) is 0 Å². The van der Waals surface area contributed by atoms with Gasteiger partial charge in [-0.05, 0) is 48.5 Å². The van der Waals surface area contributed by atoms with E-state index in [0.29, 0.717) is 6.04 Å². The fraction of sp³-hybridized carbons (Fsp3) is 0.800. The maximum Gasteiger partial charge on any atom is 0.131 e. The summed E-state index contributed by atoms with van der Waals surface area (Å²) < 4.78 is 2.01. The number of hydrogen-bond acceptors (Lipinski definition) is 3. The molecular formula is C15H30N4. The van der Waals surface area contributed by atoms with Crippen molar-refractivity contribution in [3.05, 3.63) is 11.3 Å². The Bertz CT molecular complexity index is 413. The lowest BCUT2D eigenvalue weighted by Crippen LogP contribution is -2.37. The smallest absolute Gasteiger partial charge is 0.131 e. The molecule has 0 aliphatic carbocycles. The molecule has 0 fully saturated rings. The second kappa shape index (κ2) is 5.95. The van der Waals surface area contributed by atoms with Crippen LogP contribution in [0.4, 0.5) is 5.82 Å². The summed E-state index contributed by atoms with van der Waals surface area (Å²) in [6, 6.07) is 0.480. The number of aromatic nitrogens is 2. The van der Waals surface area contributed by atoms with Gasteiger partial charge in [0.25, 0.3) is 0 Å². The molecule has 4 nitrogen and oxygen atoms in total. The first kappa shape index (κ1) is 16.0. The first-order chi connectivity index (χ1) is 8.67. The number of nitrogens with zero attached hydrogens (tertiary/aromatic N) is 3. The maximum atomic E-state index is 4.60. The summed E-state index contributed by atoms with van der Waals surface area (Å²) in [5.41, 5.74) is 2.55. The van der Waals surface area contributed by atoms with E-state index in [9.17, 15) is 0 Å². The van der Waals surface area contributed by atoms with E-state index in [1.54, 1.807) is 0 Å². The van der Waals surface area contributed by atoms with Crippen molar-refractivity contribution in [2.24, 2.45) is 7.05 Å². The van der Waals surface area contributed by atoms with Crippen LogP contribution in [0.15, 0.2) is 0 Å². The van der Waals surface area contributed by atoms with Gasteiger partial charge in [0.05, 0.1) is 5.69 Å². The summed E-state index contributed by atoms with van der Waals surface area (Å²) in [6.07, 6.45) is 0. The Hall–Kier alpha value is -1.03. The van der Waals surface area contributed by atoms with Crippen LogP contribution >= 0.6 is 0 Å². The van der Waals surface area contributed by atoms with Crippen molar-refractivity contribution in [3.63, 3.8) is 0 Å². The van der Waals surface area contributed by atoms with Crippen LogP contribution in [-0.4, -0.2) is 27.9 Å². The number of aryl methyl sites for hydroxylation is 2. The van der Waals surface area contributed by atoms with Crippen LogP contribution in [0.3, 0.4) is 0 Å². The lowest BCUT2D eigenvalue weighted by Gasteiger charge is -2.29. The first-order valence-corrected chi connectivity index (χ1v) is 7.21. The molecule has 110 valence electrons. The van der Waals surface area contributed by atoms with Crippen LogP contribution in [-0.2, 0) is 13.6 Å². The highest BCUT2D eigenvalue weighted by Crippen LogP contribution is 2.25. The van der Waals surface area contributed by atoms with Crippen LogP contribution in [0.5, 0.6) is 0 Å². The average Bonchev–Trinajstić information content (AvgIpc) is 2.51. The van der Waals surface area contributed by atoms with Crippen LogP contribution < -0.4 is 10.2 Å². The molecule has 0 saturated heterocycles. The highest BCUT2D eigenvalue weighted by atomic mass is 15.4. The molecule has 19 heavy (non-hydrogen) atoms. The summed E-state index contributed by atoms with van der Waals surface area (Å²) in [7, 11) is 2.04. The molecule has 0 aromatic carbocycles. The Morgan fingerprint density at radius 3 is 2.32 bits per heavy atom.